The van der Waals surface area contributed by atoms with Gasteiger partial charge < -0.3 is 5.32 Å². The smallest absolute Gasteiger partial charge is 0.273 e. The molecule has 3 aromatic rings. The highest BCUT2D eigenvalue weighted by molar-refractivity contribution is 8.15. The van der Waals surface area contributed by atoms with Crippen LogP contribution >= 0.6 is 11.8 Å². The second kappa shape index (κ2) is 9.70. The first-order valence-corrected chi connectivity index (χ1v) is 11.3. The second-order valence-electron chi connectivity index (χ2n) is 7.44. The molecule has 7 nitrogen and oxygen atoms in total. The summed E-state index contributed by atoms with van der Waals surface area (Å²) in [5.41, 5.74) is 6.42. The first kappa shape index (κ1) is 22.3. The zero-order valence-electron chi connectivity index (χ0n) is 18.2. The molecular weight excluding hydrogens is 436 g/mol. The van der Waals surface area contributed by atoms with Gasteiger partial charge in [0.25, 0.3) is 11.8 Å². The van der Waals surface area contributed by atoms with Crippen LogP contribution in [0.4, 0.5) is 11.4 Å². The van der Waals surface area contributed by atoms with Gasteiger partial charge in [-0.2, -0.15) is 0 Å². The number of benzene rings is 3. The Labute approximate surface area is 195 Å². The molecule has 0 atom stereocenters. The number of carbonyl (C=O) groups is 3. The van der Waals surface area contributed by atoms with E-state index in [2.05, 4.69) is 15.8 Å². The van der Waals surface area contributed by atoms with E-state index < -0.39 is 5.91 Å². The summed E-state index contributed by atoms with van der Waals surface area (Å²) in [5, 5.41) is 7.40. The van der Waals surface area contributed by atoms with Crippen molar-refractivity contribution in [2.45, 2.75) is 13.8 Å². The Bertz CT molecular complexity index is 1260. The lowest BCUT2D eigenvalue weighted by molar-refractivity contribution is -0.115. The van der Waals surface area contributed by atoms with Gasteiger partial charge in [0.15, 0.2) is 5.17 Å². The lowest BCUT2D eigenvalue weighted by Gasteiger charge is -2.19. The quantitative estimate of drug-likeness (QED) is 0.557. The molecule has 1 fully saturated rings. The molecule has 0 aliphatic carbocycles. The van der Waals surface area contributed by atoms with E-state index >= 15 is 0 Å². The van der Waals surface area contributed by atoms with Gasteiger partial charge in [-0.15, -0.1) is 5.10 Å². The molecular formula is C25H22N4O3S. The van der Waals surface area contributed by atoms with Crippen LogP contribution in [-0.2, 0) is 4.79 Å². The van der Waals surface area contributed by atoms with Crippen molar-refractivity contribution >= 4 is 46.0 Å². The van der Waals surface area contributed by atoms with Crippen LogP contribution in [0.5, 0.6) is 0 Å². The van der Waals surface area contributed by atoms with Gasteiger partial charge in [0.05, 0.1) is 22.7 Å². The van der Waals surface area contributed by atoms with Gasteiger partial charge in [0.2, 0.25) is 5.91 Å². The molecule has 1 saturated heterocycles. The van der Waals surface area contributed by atoms with Gasteiger partial charge in [-0.1, -0.05) is 54.2 Å². The van der Waals surface area contributed by atoms with Gasteiger partial charge in [0.1, 0.15) is 0 Å². The third-order valence-electron chi connectivity index (χ3n) is 5.29. The minimum Gasteiger partial charge on any atom is -0.321 e. The maximum absolute atomic E-state index is 12.9. The molecule has 1 aliphatic rings. The van der Waals surface area contributed by atoms with Gasteiger partial charge in [0, 0.05) is 5.56 Å². The standard InChI is InChI=1S/C25H22N4O3S/c1-16-9-8-14-21(17(16)2)29-22(30)15-33-25(29)28-27-24(32)19-12-6-7-13-20(19)26-23(31)18-10-4-3-5-11-18/h3-14H,15H2,1-2H3,(H,26,31)(H,27,32)/b28-25+. The Balaban J connectivity index is 1.54. The van der Waals surface area contributed by atoms with Gasteiger partial charge >= 0.3 is 0 Å². The number of rotatable bonds is 5. The Hall–Kier alpha value is -3.91. The number of hydrogen-bond donors (Lipinski definition) is 2. The van der Waals surface area contributed by atoms with Crippen LogP contribution in [0.15, 0.2) is 77.9 Å². The molecule has 0 saturated carbocycles. The Morgan fingerprint density at radius 1 is 0.909 bits per heavy atom. The maximum atomic E-state index is 12.9. The fourth-order valence-electron chi connectivity index (χ4n) is 3.39. The third kappa shape index (κ3) is 4.80. The molecule has 8 heteroatoms. The number of nitrogens with zero attached hydrogens (tertiary/aromatic N) is 2. The maximum Gasteiger partial charge on any atom is 0.273 e. The lowest BCUT2D eigenvalue weighted by Crippen LogP contribution is -2.32. The van der Waals surface area contributed by atoms with Crippen LogP contribution in [0.3, 0.4) is 0 Å². The van der Waals surface area contributed by atoms with E-state index in [0.717, 1.165) is 16.8 Å². The summed E-state index contributed by atoms with van der Waals surface area (Å²) in [6.45, 7) is 3.93. The fraction of sp³-hybridized carbons (Fsp3) is 0.120. The number of anilines is 2. The van der Waals surface area contributed by atoms with Crippen molar-refractivity contribution in [2.24, 2.45) is 5.10 Å². The number of amidine groups is 1. The number of nitrogens with one attached hydrogen (secondary N) is 2. The predicted octanol–water partition coefficient (Wildman–Crippen LogP) is 4.34. The molecule has 0 spiro atoms. The Morgan fingerprint density at radius 2 is 1.64 bits per heavy atom. The summed E-state index contributed by atoms with van der Waals surface area (Å²) in [6.07, 6.45) is 0. The van der Waals surface area contributed by atoms with Crippen molar-refractivity contribution in [3.63, 3.8) is 0 Å². The van der Waals surface area contributed by atoms with E-state index in [1.54, 1.807) is 48.5 Å². The fourth-order valence-corrected chi connectivity index (χ4v) is 4.21. The van der Waals surface area contributed by atoms with Crippen molar-refractivity contribution in [3.05, 3.63) is 95.1 Å². The minimum atomic E-state index is -0.493. The largest absolute Gasteiger partial charge is 0.321 e. The van der Waals surface area contributed by atoms with Gasteiger partial charge in [-0.05, 0) is 55.3 Å². The predicted molar refractivity (Wildman–Crippen MR) is 132 cm³/mol. The van der Waals surface area contributed by atoms with Crippen LogP contribution in [0.1, 0.15) is 31.8 Å². The first-order valence-electron chi connectivity index (χ1n) is 10.3. The zero-order valence-corrected chi connectivity index (χ0v) is 19.0. The number of para-hydroxylation sites is 1. The normalized spacial score (nSPS) is 14.4. The van der Waals surface area contributed by atoms with E-state index in [-0.39, 0.29) is 23.1 Å². The Morgan fingerprint density at radius 3 is 2.42 bits per heavy atom. The summed E-state index contributed by atoms with van der Waals surface area (Å²) >= 11 is 1.26. The van der Waals surface area contributed by atoms with Crippen LogP contribution in [0.25, 0.3) is 0 Å². The molecule has 166 valence electrons. The summed E-state index contributed by atoms with van der Waals surface area (Å²) in [6, 6.07) is 21.2. The van der Waals surface area contributed by atoms with Crippen molar-refractivity contribution in [1.29, 1.82) is 0 Å². The average molecular weight is 459 g/mol. The summed E-state index contributed by atoms with van der Waals surface area (Å²) < 4.78 is 0. The highest BCUT2D eigenvalue weighted by atomic mass is 32.2. The zero-order chi connectivity index (χ0) is 23.4. The summed E-state index contributed by atoms with van der Waals surface area (Å²) in [5.74, 6) is -0.670. The monoisotopic (exact) mass is 458 g/mol. The van der Waals surface area contributed by atoms with Crippen molar-refractivity contribution in [2.75, 3.05) is 16.0 Å². The Kier molecular flexibility index (Phi) is 6.55. The molecule has 1 aliphatic heterocycles. The summed E-state index contributed by atoms with van der Waals surface area (Å²) in [7, 11) is 0. The van der Waals surface area contributed by atoms with Crippen molar-refractivity contribution < 1.29 is 14.4 Å². The third-order valence-corrected chi connectivity index (χ3v) is 6.21. The SMILES string of the molecule is Cc1cccc(N2C(=O)CS/C2=N/NC(=O)c2ccccc2NC(=O)c2ccccc2)c1C. The second-order valence-corrected chi connectivity index (χ2v) is 8.38. The number of thioether (sulfide) groups is 1. The van der Waals surface area contributed by atoms with Gasteiger partial charge in [-0.25, -0.2) is 5.43 Å². The number of amides is 3. The van der Waals surface area contributed by atoms with Crippen LogP contribution in [0.2, 0.25) is 0 Å². The summed E-state index contributed by atoms with van der Waals surface area (Å²) in [4.78, 5) is 39.5. The molecule has 33 heavy (non-hydrogen) atoms. The molecule has 3 aromatic carbocycles. The number of aryl methyl sites for hydroxylation is 1. The van der Waals surface area contributed by atoms with E-state index in [1.165, 1.54) is 16.7 Å². The highest BCUT2D eigenvalue weighted by Crippen LogP contribution is 2.30. The van der Waals surface area contributed by atoms with Crippen LogP contribution in [0, 0.1) is 13.8 Å². The minimum absolute atomic E-state index is 0.0998. The van der Waals surface area contributed by atoms with Crippen LogP contribution < -0.4 is 15.6 Å². The first-order chi connectivity index (χ1) is 16.0. The molecule has 0 radical (unpaired) electrons. The average Bonchev–Trinajstić information content (AvgIpc) is 3.20. The highest BCUT2D eigenvalue weighted by Gasteiger charge is 2.31. The lowest BCUT2D eigenvalue weighted by atomic mass is 10.1. The van der Waals surface area contributed by atoms with E-state index in [1.807, 2.05) is 38.1 Å². The number of hydrazone groups is 1. The molecule has 0 unspecified atom stereocenters. The van der Waals surface area contributed by atoms with E-state index in [9.17, 15) is 14.4 Å². The van der Waals surface area contributed by atoms with Crippen molar-refractivity contribution in [3.8, 4) is 0 Å². The number of hydrogen-bond acceptors (Lipinski definition) is 5. The molecule has 0 aromatic heterocycles. The molecule has 1 heterocycles. The van der Waals surface area contributed by atoms with E-state index in [4.69, 9.17) is 0 Å². The van der Waals surface area contributed by atoms with Gasteiger partial charge in [-0.3, -0.25) is 19.3 Å². The topological polar surface area (TPSA) is 90.9 Å². The van der Waals surface area contributed by atoms with E-state index in [0.29, 0.717) is 16.4 Å². The molecule has 2 N–H and O–H groups in total. The number of carbonyl (C=O) groups excluding carboxylic acids is 3. The van der Waals surface area contributed by atoms with Crippen molar-refractivity contribution in [1.82, 2.24) is 5.43 Å². The molecule has 4 rings (SSSR count). The molecule has 3 amide bonds. The molecule has 0 bridgehead atoms. The van der Waals surface area contributed by atoms with Crippen LogP contribution in [-0.4, -0.2) is 28.6 Å².